The summed E-state index contributed by atoms with van der Waals surface area (Å²) in [6.45, 7) is 0. The summed E-state index contributed by atoms with van der Waals surface area (Å²) in [4.78, 5) is 14.5. The molecular formula is C10H11ClN2O2. The lowest BCUT2D eigenvalue weighted by Crippen LogP contribution is -2.08. The third-order valence-corrected chi connectivity index (χ3v) is 2.12. The Morgan fingerprint density at radius 1 is 1.40 bits per heavy atom. The van der Waals surface area contributed by atoms with Crippen molar-refractivity contribution in [2.45, 2.75) is 0 Å². The molecule has 1 heterocycles. The van der Waals surface area contributed by atoms with Crippen molar-refractivity contribution in [3.63, 3.8) is 0 Å². The zero-order chi connectivity index (χ0) is 10.1. The number of H-pyrrole nitrogens is 1. The van der Waals surface area contributed by atoms with E-state index >= 15 is 0 Å². The fourth-order valence-electron chi connectivity index (χ4n) is 1.34. The van der Waals surface area contributed by atoms with Crippen LogP contribution in [0.15, 0.2) is 29.2 Å². The number of benzene rings is 1. The fourth-order valence-corrected chi connectivity index (χ4v) is 1.34. The number of pyridine rings is 1. The second-order valence-corrected chi connectivity index (χ2v) is 2.98. The van der Waals surface area contributed by atoms with Crippen molar-refractivity contribution in [2.75, 3.05) is 12.8 Å². The average Bonchev–Trinajstić information content (AvgIpc) is 2.23. The number of ether oxygens (including phenoxy) is 1. The van der Waals surface area contributed by atoms with Gasteiger partial charge in [-0.05, 0) is 12.1 Å². The molecule has 1 aromatic heterocycles. The van der Waals surface area contributed by atoms with E-state index in [1.54, 1.807) is 25.3 Å². The monoisotopic (exact) mass is 226 g/mol. The van der Waals surface area contributed by atoms with Crippen molar-refractivity contribution < 1.29 is 4.74 Å². The van der Waals surface area contributed by atoms with Gasteiger partial charge in [0.2, 0.25) is 5.43 Å². The van der Waals surface area contributed by atoms with Crippen molar-refractivity contribution in [2.24, 2.45) is 0 Å². The molecule has 0 saturated heterocycles. The topological polar surface area (TPSA) is 68.1 Å². The van der Waals surface area contributed by atoms with Gasteiger partial charge in [-0.1, -0.05) is 0 Å². The van der Waals surface area contributed by atoms with Gasteiger partial charge in [0.05, 0.1) is 18.3 Å². The number of aromatic nitrogens is 1. The SMILES string of the molecule is COc1ccc2c(=O)c(N)c[nH]c2c1.Cl. The number of hydrogen-bond acceptors (Lipinski definition) is 3. The molecule has 0 aliphatic rings. The van der Waals surface area contributed by atoms with Crippen LogP contribution in [0, 0.1) is 0 Å². The third kappa shape index (κ3) is 1.89. The molecule has 0 saturated carbocycles. The molecule has 0 bridgehead atoms. The van der Waals surface area contributed by atoms with E-state index in [0.717, 1.165) is 5.52 Å². The molecule has 5 heteroatoms. The Hall–Kier alpha value is -1.68. The predicted octanol–water partition coefficient (Wildman–Crippen LogP) is 1.54. The molecule has 0 radical (unpaired) electrons. The summed E-state index contributed by atoms with van der Waals surface area (Å²) in [7, 11) is 1.58. The molecule has 4 nitrogen and oxygen atoms in total. The van der Waals surface area contributed by atoms with Crippen molar-refractivity contribution in [1.82, 2.24) is 4.98 Å². The Labute approximate surface area is 92.5 Å². The van der Waals surface area contributed by atoms with Gasteiger partial charge < -0.3 is 15.5 Å². The van der Waals surface area contributed by atoms with Gasteiger partial charge in [-0.15, -0.1) is 12.4 Å². The number of halogens is 1. The van der Waals surface area contributed by atoms with E-state index < -0.39 is 0 Å². The Morgan fingerprint density at radius 2 is 2.13 bits per heavy atom. The van der Waals surface area contributed by atoms with Crippen LogP contribution in [0.4, 0.5) is 5.69 Å². The second kappa shape index (κ2) is 4.23. The number of hydrogen-bond donors (Lipinski definition) is 2. The van der Waals surface area contributed by atoms with Gasteiger partial charge in [0.1, 0.15) is 5.75 Å². The Kier molecular flexibility index (Phi) is 3.21. The first-order chi connectivity index (χ1) is 6.72. The van der Waals surface area contributed by atoms with E-state index in [1.165, 1.54) is 6.20 Å². The molecule has 3 N–H and O–H groups in total. The molecule has 0 aliphatic carbocycles. The summed E-state index contributed by atoms with van der Waals surface area (Å²) in [6.07, 6.45) is 1.49. The minimum absolute atomic E-state index is 0. The summed E-state index contributed by atoms with van der Waals surface area (Å²) < 4.78 is 5.04. The van der Waals surface area contributed by atoms with Gasteiger partial charge in [0.15, 0.2) is 0 Å². The first-order valence-corrected chi connectivity index (χ1v) is 4.17. The largest absolute Gasteiger partial charge is 0.497 e. The fraction of sp³-hybridized carbons (Fsp3) is 0.100. The number of methoxy groups -OCH3 is 1. The van der Waals surface area contributed by atoms with Crippen molar-refractivity contribution in [3.05, 3.63) is 34.6 Å². The highest BCUT2D eigenvalue weighted by Crippen LogP contribution is 2.16. The molecule has 0 unspecified atom stereocenters. The van der Waals surface area contributed by atoms with Crippen LogP contribution in [0.25, 0.3) is 10.9 Å². The molecule has 0 aliphatic heterocycles. The summed E-state index contributed by atoms with van der Waals surface area (Å²) in [5, 5.41) is 0.575. The standard InChI is InChI=1S/C10H10N2O2.ClH/c1-14-6-2-3-7-9(4-6)12-5-8(11)10(7)13;/h2-5H,11H2,1H3,(H,12,13);1H. The van der Waals surface area contributed by atoms with E-state index in [1.807, 2.05) is 0 Å². The van der Waals surface area contributed by atoms with E-state index in [2.05, 4.69) is 4.98 Å². The number of nitrogen functional groups attached to an aromatic ring is 1. The molecule has 0 amide bonds. The molecule has 2 aromatic rings. The van der Waals surface area contributed by atoms with Crippen molar-refractivity contribution in [1.29, 1.82) is 0 Å². The van der Waals surface area contributed by atoms with Crippen LogP contribution in [-0.2, 0) is 0 Å². The Morgan fingerprint density at radius 3 is 2.80 bits per heavy atom. The average molecular weight is 227 g/mol. The zero-order valence-corrected chi connectivity index (χ0v) is 8.93. The Bertz CT molecular complexity index is 536. The van der Waals surface area contributed by atoms with Gasteiger partial charge in [-0.2, -0.15) is 0 Å². The highest BCUT2D eigenvalue weighted by Gasteiger charge is 2.02. The van der Waals surface area contributed by atoms with Crippen LogP contribution in [0.5, 0.6) is 5.75 Å². The highest BCUT2D eigenvalue weighted by molar-refractivity contribution is 5.85. The first kappa shape index (κ1) is 11.4. The van der Waals surface area contributed by atoms with E-state index in [9.17, 15) is 4.79 Å². The van der Waals surface area contributed by atoms with Crippen LogP contribution >= 0.6 is 12.4 Å². The Balaban J connectivity index is 0.00000112. The van der Waals surface area contributed by atoms with Gasteiger partial charge >= 0.3 is 0 Å². The van der Waals surface area contributed by atoms with E-state index in [-0.39, 0.29) is 23.5 Å². The smallest absolute Gasteiger partial charge is 0.212 e. The van der Waals surface area contributed by atoms with Gasteiger partial charge in [-0.25, -0.2) is 0 Å². The van der Waals surface area contributed by atoms with E-state index in [0.29, 0.717) is 11.1 Å². The van der Waals surface area contributed by atoms with E-state index in [4.69, 9.17) is 10.5 Å². The molecule has 0 fully saturated rings. The molecular weight excluding hydrogens is 216 g/mol. The van der Waals surface area contributed by atoms with Crippen molar-refractivity contribution in [3.8, 4) is 5.75 Å². The number of fused-ring (bicyclic) bond motifs is 1. The molecule has 1 aromatic carbocycles. The van der Waals surface area contributed by atoms with Gasteiger partial charge in [0.25, 0.3) is 0 Å². The number of nitrogens with two attached hydrogens (primary N) is 1. The minimum Gasteiger partial charge on any atom is -0.497 e. The predicted molar refractivity (Wildman–Crippen MR) is 62.8 cm³/mol. The quantitative estimate of drug-likeness (QED) is 0.775. The lowest BCUT2D eigenvalue weighted by atomic mass is 10.2. The van der Waals surface area contributed by atoms with Crippen LogP contribution in [0.3, 0.4) is 0 Å². The number of aromatic amines is 1. The van der Waals surface area contributed by atoms with Crippen molar-refractivity contribution >= 4 is 29.0 Å². The summed E-state index contributed by atoms with van der Waals surface area (Å²) in [6, 6.07) is 5.19. The number of rotatable bonds is 1. The zero-order valence-electron chi connectivity index (χ0n) is 8.11. The lowest BCUT2D eigenvalue weighted by molar-refractivity contribution is 0.415. The molecule has 15 heavy (non-hydrogen) atoms. The lowest BCUT2D eigenvalue weighted by Gasteiger charge is -2.02. The second-order valence-electron chi connectivity index (χ2n) is 2.98. The summed E-state index contributed by atoms with van der Waals surface area (Å²) >= 11 is 0. The number of nitrogens with one attached hydrogen (secondary N) is 1. The maximum Gasteiger partial charge on any atom is 0.212 e. The van der Waals surface area contributed by atoms with Gasteiger partial charge in [0, 0.05) is 17.6 Å². The molecule has 2 rings (SSSR count). The molecule has 80 valence electrons. The normalized spacial score (nSPS) is 9.67. The van der Waals surface area contributed by atoms with Crippen LogP contribution in [0.1, 0.15) is 0 Å². The summed E-state index contributed by atoms with van der Waals surface area (Å²) in [5.41, 5.74) is 6.28. The maximum atomic E-state index is 11.5. The maximum absolute atomic E-state index is 11.5. The third-order valence-electron chi connectivity index (χ3n) is 2.12. The summed E-state index contributed by atoms with van der Waals surface area (Å²) in [5.74, 6) is 0.706. The minimum atomic E-state index is -0.151. The first-order valence-electron chi connectivity index (χ1n) is 4.17. The van der Waals surface area contributed by atoms with Crippen LogP contribution in [-0.4, -0.2) is 12.1 Å². The molecule has 0 atom stereocenters. The van der Waals surface area contributed by atoms with Gasteiger partial charge in [-0.3, -0.25) is 4.79 Å². The highest BCUT2D eigenvalue weighted by atomic mass is 35.5. The molecule has 0 spiro atoms. The van der Waals surface area contributed by atoms with Crippen LogP contribution in [0.2, 0.25) is 0 Å². The van der Waals surface area contributed by atoms with Crippen LogP contribution < -0.4 is 15.9 Å². The number of anilines is 1.